The molecule has 1 aromatic heterocycles. The lowest BCUT2D eigenvalue weighted by atomic mass is 10.1. The molecule has 0 radical (unpaired) electrons. The first kappa shape index (κ1) is 19.0. The summed E-state index contributed by atoms with van der Waals surface area (Å²) in [5.74, 6) is 4.18. The molecule has 0 aliphatic heterocycles. The van der Waals surface area contributed by atoms with Crippen molar-refractivity contribution in [3.63, 3.8) is 0 Å². The molecule has 136 valence electrons. The van der Waals surface area contributed by atoms with Gasteiger partial charge in [0.25, 0.3) is 5.91 Å². The molecule has 1 heterocycles. The van der Waals surface area contributed by atoms with Crippen molar-refractivity contribution in [3.05, 3.63) is 56.9 Å². The van der Waals surface area contributed by atoms with Gasteiger partial charge in [-0.2, -0.15) is 18.3 Å². The highest BCUT2D eigenvalue weighted by molar-refractivity contribution is 5.96. The minimum Gasteiger partial charge on any atom is -0.339 e. The topological polar surface area (TPSA) is 101 Å². The number of rotatable bonds is 4. The van der Waals surface area contributed by atoms with Crippen molar-refractivity contribution in [1.29, 1.82) is 0 Å². The predicted octanol–water partition coefficient (Wildman–Crippen LogP) is 2.68. The molecule has 2 rings (SSSR count). The minimum atomic E-state index is -4.47. The molecule has 1 amide bonds. The van der Waals surface area contributed by atoms with Crippen LogP contribution in [0.5, 0.6) is 0 Å². The molecule has 1 aromatic carbocycles. The Morgan fingerprint density at radius 1 is 1.42 bits per heavy atom. The lowest BCUT2D eigenvalue weighted by Crippen LogP contribution is -2.24. The van der Waals surface area contributed by atoms with E-state index >= 15 is 0 Å². The lowest BCUT2D eigenvalue weighted by molar-refractivity contribution is -0.385. The van der Waals surface area contributed by atoms with Crippen LogP contribution in [0.25, 0.3) is 0 Å². The predicted molar refractivity (Wildman–Crippen MR) is 85.3 cm³/mol. The van der Waals surface area contributed by atoms with Crippen LogP contribution in [-0.4, -0.2) is 27.6 Å². The Hall–Kier alpha value is -3.35. The van der Waals surface area contributed by atoms with Gasteiger partial charge in [0.1, 0.15) is 5.69 Å². The molecule has 0 aliphatic rings. The Bertz CT molecular complexity index is 894. The van der Waals surface area contributed by atoms with Gasteiger partial charge in [0.05, 0.1) is 17.0 Å². The van der Waals surface area contributed by atoms with Gasteiger partial charge < -0.3 is 5.32 Å². The maximum absolute atomic E-state index is 12.6. The Labute approximate surface area is 145 Å². The number of hydrogen-bond donors (Lipinski definition) is 2. The fourth-order valence-electron chi connectivity index (χ4n) is 2.10. The average Bonchev–Trinajstić information content (AvgIpc) is 3.02. The number of nitrogens with zero attached hydrogens (tertiary/aromatic N) is 2. The van der Waals surface area contributed by atoms with Crippen molar-refractivity contribution in [1.82, 2.24) is 15.5 Å². The molecule has 7 nitrogen and oxygen atoms in total. The van der Waals surface area contributed by atoms with E-state index in [2.05, 4.69) is 27.4 Å². The molecular weight excluding hydrogens is 353 g/mol. The highest BCUT2D eigenvalue weighted by Crippen LogP contribution is 2.29. The van der Waals surface area contributed by atoms with Crippen molar-refractivity contribution in [2.24, 2.45) is 0 Å². The Morgan fingerprint density at radius 3 is 2.77 bits per heavy atom. The molecule has 0 unspecified atom stereocenters. The standard InChI is InChI=1S/C16H13F3N4O3/c1-2-12-14(23(25)26)13(22-21-12)15(24)20-8-4-6-10-5-3-7-11(9-10)16(17,18)19/h3,5,7,9H,2,8H2,1H3,(H,20,24)(H,21,22). The number of alkyl halides is 3. The third-order valence-electron chi connectivity index (χ3n) is 3.32. The summed E-state index contributed by atoms with van der Waals surface area (Å²) in [6, 6.07) is 4.44. The van der Waals surface area contributed by atoms with Crippen LogP contribution in [0.3, 0.4) is 0 Å². The van der Waals surface area contributed by atoms with Crippen LogP contribution in [-0.2, 0) is 12.6 Å². The number of halogens is 3. The summed E-state index contributed by atoms with van der Waals surface area (Å²) in [4.78, 5) is 22.3. The van der Waals surface area contributed by atoms with E-state index in [1.165, 1.54) is 12.1 Å². The van der Waals surface area contributed by atoms with Gasteiger partial charge >= 0.3 is 11.9 Å². The first-order valence-corrected chi connectivity index (χ1v) is 7.40. The van der Waals surface area contributed by atoms with Crippen LogP contribution in [0, 0.1) is 22.0 Å². The largest absolute Gasteiger partial charge is 0.416 e. The third-order valence-corrected chi connectivity index (χ3v) is 3.32. The number of hydrogen-bond acceptors (Lipinski definition) is 4. The molecule has 2 N–H and O–H groups in total. The van der Waals surface area contributed by atoms with Gasteiger partial charge in [0, 0.05) is 5.56 Å². The summed E-state index contributed by atoms with van der Waals surface area (Å²) >= 11 is 0. The van der Waals surface area contributed by atoms with Crippen molar-refractivity contribution in [2.45, 2.75) is 19.5 Å². The number of H-pyrrole nitrogens is 1. The zero-order valence-electron chi connectivity index (χ0n) is 13.5. The maximum Gasteiger partial charge on any atom is 0.416 e. The Morgan fingerprint density at radius 2 is 2.15 bits per heavy atom. The highest BCUT2D eigenvalue weighted by atomic mass is 19.4. The first-order valence-electron chi connectivity index (χ1n) is 7.40. The second-order valence-corrected chi connectivity index (χ2v) is 5.07. The second kappa shape index (κ2) is 7.69. The molecule has 0 saturated heterocycles. The molecule has 2 aromatic rings. The number of nitro groups is 1. The second-order valence-electron chi connectivity index (χ2n) is 5.07. The molecule has 26 heavy (non-hydrogen) atoms. The number of aromatic nitrogens is 2. The van der Waals surface area contributed by atoms with Crippen molar-refractivity contribution in [2.75, 3.05) is 6.54 Å². The summed E-state index contributed by atoms with van der Waals surface area (Å²) in [6.07, 6.45) is -4.17. The Balaban J connectivity index is 2.06. The summed E-state index contributed by atoms with van der Waals surface area (Å²) in [5.41, 5.74) is -1.25. The first-order chi connectivity index (χ1) is 12.2. The van der Waals surface area contributed by atoms with Gasteiger partial charge in [-0.25, -0.2) is 0 Å². The van der Waals surface area contributed by atoms with Gasteiger partial charge in [-0.15, -0.1) is 0 Å². The maximum atomic E-state index is 12.6. The van der Waals surface area contributed by atoms with Gasteiger partial charge in [-0.1, -0.05) is 24.8 Å². The van der Waals surface area contributed by atoms with E-state index in [9.17, 15) is 28.1 Å². The quantitative estimate of drug-likeness (QED) is 0.493. The van der Waals surface area contributed by atoms with Crippen LogP contribution in [0.1, 0.15) is 34.2 Å². The van der Waals surface area contributed by atoms with Crippen LogP contribution >= 0.6 is 0 Å². The van der Waals surface area contributed by atoms with E-state index in [-0.39, 0.29) is 23.5 Å². The number of amides is 1. The Kier molecular flexibility index (Phi) is 5.61. The van der Waals surface area contributed by atoms with Crippen molar-refractivity contribution in [3.8, 4) is 11.8 Å². The molecule has 0 spiro atoms. The number of carbonyl (C=O) groups is 1. The summed E-state index contributed by atoms with van der Waals surface area (Å²) in [7, 11) is 0. The summed E-state index contributed by atoms with van der Waals surface area (Å²) < 4.78 is 37.8. The SMILES string of the molecule is CCc1[nH]nc(C(=O)NCC#Cc2cccc(C(F)(F)F)c2)c1[N+](=O)[O-]. The number of carbonyl (C=O) groups excluding carboxylic acids is 1. The zero-order chi connectivity index (χ0) is 19.3. The minimum absolute atomic E-state index is 0.132. The van der Waals surface area contributed by atoms with Gasteiger partial charge in [-0.05, 0) is 24.6 Å². The molecular formula is C16H13F3N4O3. The number of benzene rings is 1. The fourth-order valence-corrected chi connectivity index (χ4v) is 2.10. The van der Waals surface area contributed by atoms with Gasteiger partial charge in [0.15, 0.2) is 0 Å². The molecule has 0 bridgehead atoms. The van der Waals surface area contributed by atoms with E-state index in [0.29, 0.717) is 6.42 Å². The molecule has 0 fully saturated rings. The monoisotopic (exact) mass is 366 g/mol. The van der Waals surface area contributed by atoms with Crippen molar-refractivity contribution < 1.29 is 22.9 Å². The van der Waals surface area contributed by atoms with E-state index < -0.39 is 28.3 Å². The van der Waals surface area contributed by atoms with E-state index in [1.54, 1.807) is 6.92 Å². The average molecular weight is 366 g/mol. The van der Waals surface area contributed by atoms with Crippen LogP contribution in [0.15, 0.2) is 24.3 Å². The fraction of sp³-hybridized carbons (Fsp3) is 0.250. The van der Waals surface area contributed by atoms with Gasteiger partial charge in [0.2, 0.25) is 5.69 Å². The molecule has 10 heteroatoms. The normalized spacial score (nSPS) is 10.8. The van der Waals surface area contributed by atoms with Crippen LogP contribution < -0.4 is 5.32 Å². The van der Waals surface area contributed by atoms with Crippen molar-refractivity contribution >= 4 is 11.6 Å². The molecule has 0 aliphatic carbocycles. The van der Waals surface area contributed by atoms with E-state index in [4.69, 9.17) is 0 Å². The van der Waals surface area contributed by atoms with Crippen LogP contribution in [0.2, 0.25) is 0 Å². The summed E-state index contributed by atoms with van der Waals surface area (Å²) in [5, 5.41) is 19.4. The van der Waals surface area contributed by atoms with Gasteiger partial charge in [-0.3, -0.25) is 20.0 Å². The molecule has 0 saturated carbocycles. The highest BCUT2D eigenvalue weighted by Gasteiger charge is 2.30. The van der Waals surface area contributed by atoms with Crippen LogP contribution in [0.4, 0.5) is 18.9 Å². The number of aryl methyl sites for hydroxylation is 1. The van der Waals surface area contributed by atoms with E-state index in [1.807, 2.05) is 0 Å². The number of aromatic amines is 1. The third kappa shape index (κ3) is 4.38. The molecule has 0 atom stereocenters. The number of nitrogens with one attached hydrogen (secondary N) is 2. The smallest absolute Gasteiger partial charge is 0.339 e. The van der Waals surface area contributed by atoms with E-state index in [0.717, 1.165) is 12.1 Å². The summed E-state index contributed by atoms with van der Waals surface area (Å²) in [6.45, 7) is 1.46. The zero-order valence-corrected chi connectivity index (χ0v) is 13.5. The lowest BCUT2D eigenvalue weighted by Gasteiger charge is -2.05.